The Morgan fingerprint density at radius 1 is 1.26 bits per heavy atom. The number of likely N-dealkylation sites (N-methyl/N-ethyl adjacent to an activating group) is 1. The lowest BCUT2D eigenvalue weighted by Crippen LogP contribution is -2.36. The van der Waals surface area contributed by atoms with Crippen molar-refractivity contribution in [3.8, 4) is 16.5 Å². The van der Waals surface area contributed by atoms with Gasteiger partial charge in [-0.15, -0.1) is 11.3 Å². The molecule has 2 aromatic heterocycles. The van der Waals surface area contributed by atoms with Gasteiger partial charge in [0.1, 0.15) is 11.5 Å². The molecule has 0 saturated carbocycles. The molecule has 4 rings (SSSR count). The molecule has 1 amide bonds. The van der Waals surface area contributed by atoms with E-state index in [4.69, 9.17) is 9.47 Å². The van der Waals surface area contributed by atoms with E-state index in [-0.39, 0.29) is 19.2 Å². The lowest BCUT2D eigenvalue weighted by Gasteiger charge is -2.20. The van der Waals surface area contributed by atoms with Crippen LogP contribution in [-0.2, 0) is 17.9 Å². The predicted octanol–water partition coefficient (Wildman–Crippen LogP) is 1.27. The number of nitrogens with zero attached hydrogens (tertiary/aromatic N) is 5. The molecular weight excluding hydrogens is 370 g/mol. The molecular formula is C17H17N5O4S. The Hall–Kier alpha value is -3.14. The van der Waals surface area contributed by atoms with E-state index >= 15 is 0 Å². The van der Waals surface area contributed by atoms with Gasteiger partial charge in [-0.1, -0.05) is 6.07 Å². The molecule has 1 aromatic carbocycles. The maximum atomic E-state index is 12.7. The summed E-state index contributed by atoms with van der Waals surface area (Å²) >= 11 is 1.37. The van der Waals surface area contributed by atoms with Gasteiger partial charge < -0.3 is 14.4 Å². The van der Waals surface area contributed by atoms with Gasteiger partial charge in [-0.3, -0.25) is 4.79 Å². The van der Waals surface area contributed by atoms with Crippen LogP contribution in [0.25, 0.3) is 5.00 Å². The van der Waals surface area contributed by atoms with E-state index in [0.717, 1.165) is 10.2 Å². The molecule has 1 aliphatic rings. The Labute approximate surface area is 158 Å². The minimum absolute atomic E-state index is 0.164. The fourth-order valence-electron chi connectivity index (χ4n) is 2.77. The second kappa shape index (κ2) is 7.23. The van der Waals surface area contributed by atoms with E-state index in [1.54, 1.807) is 11.0 Å². The van der Waals surface area contributed by atoms with Crippen molar-refractivity contribution in [3.05, 3.63) is 51.8 Å². The normalized spacial score (nSPS) is 12.3. The summed E-state index contributed by atoms with van der Waals surface area (Å²) in [5.74, 6) is 1.16. The summed E-state index contributed by atoms with van der Waals surface area (Å²) in [4.78, 5) is 26.7. The molecule has 0 aliphatic carbocycles. The molecule has 3 aromatic rings. The summed E-state index contributed by atoms with van der Waals surface area (Å²) in [6.07, 6.45) is 0. The van der Waals surface area contributed by atoms with Crippen LogP contribution in [0.1, 0.15) is 12.5 Å². The van der Waals surface area contributed by atoms with Gasteiger partial charge in [-0.25, -0.2) is 4.79 Å². The molecule has 0 radical (unpaired) electrons. The number of tetrazole rings is 1. The van der Waals surface area contributed by atoms with Gasteiger partial charge in [0.25, 0.3) is 0 Å². The lowest BCUT2D eigenvalue weighted by molar-refractivity contribution is -0.132. The molecule has 1 aliphatic heterocycles. The fourth-order valence-corrected chi connectivity index (χ4v) is 3.43. The van der Waals surface area contributed by atoms with Crippen LogP contribution in [0.4, 0.5) is 0 Å². The van der Waals surface area contributed by atoms with Crippen molar-refractivity contribution in [2.75, 3.05) is 13.3 Å². The number of benzene rings is 1. The number of carbonyl (C=O) groups excluding carboxylic acids is 1. The first kappa shape index (κ1) is 17.3. The van der Waals surface area contributed by atoms with Gasteiger partial charge >= 0.3 is 5.69 Å². The van der Waals surface area contributed by atoms with Crippen LogP contribution in [0.3, 0.4) is 0 Å². The Morgan fingerprint density at radius 3 is 2.89 bits per heavy atom. The molecule has 0 fully saturated rings. The molecule has 140 valence electrons. The molecule has 0 spiro atoms. The highest BCUT2D eigenvalue weighted by Crippen LogP contribution is 2.32. The summed E-state index contributed by atoms with van der Waals surface area (Å²) in [5.41, 5.74) is 0.481. The largest absolute Gasteiger partial charge is 0.454 e. The van der Waals surface area contributed by atoms with Gasteiger partial charge in [0.05, 0.1) is 0 Å². The number of thiophene rings is 1. The molecule has 10 heteroatoms. The number of rotatable bonds is 6. The number of hydrogen-bond acceptors (Lipinski definition) is 7. The molecule has 0 N–H and O–H groups in total. The maximum absolute atomic E-state index is 12.7. The van der Waals surface area contributed by atoms with Crippen molar-refractivity contribution >= 4 is 17.2 Å². The van der Waals surface area contributed by atoms with Crippen LogP contribution in [-0.4, -0.2) is 43.9 Å². The van der Waals surface area contributed by atoms with Crippen LogP contribution >= 0.6 is 11.3 Å². The van der Waals surface area contributed by atoms with Crippen molar-refractivity contribution in [2.24, 2.45) is 0 Å². The van der Waals surface area contributed by atoms with Crippen LogP contribution < -0.4 is 15.2 Å². The third-order valence-electron chi connectivity index (χ3n) is 4.18. The highest BCUT2D eigenvalue weighted by molar-refractivity contribution is 7.12. The first-order valence-corrected chi connectivity index (χ1v) is 9.26. The predicted molar refractivity (Wildman–Crippen MR) is 97.2 cm³/mol. The van der Waals surface area contributed by atoms with E-state index in [0.29, 0.717) is 29.6 Å². The summed E-state index contributed by atoms with van der Waals surface area (Å²) in [6, 6.07) is 9.17. The second-order valence-corrected chi connectivity index (χ2v) is 6.80. The first-order valence-electron chi connectivity index (χ1n) is 8.38. The molecule has 0 saturated heterocycles. The molecule has 0 bridgehead atoms. The lowest BCUT2D eigenvalue weighted by atomic mass is 10.2. The quantitative estimate of drug-likeness (QED) is 0.633. The summed E-state index contributed by atoms with van der Waals surface area (Å²) in [6.45, 7) is 2.83. The Morgan fingerprint density at radius 2 is 2.11 bits per heavy atom. The third kappa shape index (κ3) is 3.43. The van der Waals surface area contributed by atoms with Gasteiger partial charge in [0, 0.05) is 13.1 Å². The van der Waals surface area contributed by atoms with Crippen LogP contribution in [0.15, 0.2) is 40.5 Å². The Kier molecular flexibility index (Phi) is 4.63. The Balaban J connectivity index is 1.47. The van der Waals surface area contributed by atoms with E-state index in [9.17, 15) is 9.59 Å². The van der Waals surface area contributed by atoms with Gasteiger partial charge in [0.15, 0.2) is 11.5 Å². The Bertz CT molecular complexity index is 1010. The monoisotopic (exact) mass is 387 g/mol. The number of aromatic nitrogens is 4. The number of hydrogen-bond donors (Lipinski definition) is 0. The zero-order chi connectivity index (χ0) is 18.8. The molecule has 9 nitrogen and oxygen atoms in total. The summed E-state index contributed by atoms with van der Waals surface area (Å²) in [5, 5.41) is 10.2. The number of amides is 1. The molecule has 0 unspecified atom stereocenters. The zero-order valence-corrected chi connectivity index (χ0v) is 15.4. The molecule has 0 atom stereocenters. The minimum Gasteiger partial charge on any atom is -0.454 e. The topological polar surface area (TPSA) is 91.5 Å². The van der Waals surface area contributed by atoms with Crippen molar-refractivity contribution < 1.29 is 14.3 Å². The molecule has 27 heavy (non-hydrogen) atoms. The SMILES string of the molecule is CCN(Cc1ccc2c(c1)OCO2)C(=O)Cn1nnn(-c2cccs2)c1=O. The van der Waals surface area contributed by atoms with Crippen molar-refractivity contribution in [3.63, 3.8) is 0 Å². The number of carbonyl (C=O) groups is 1. The van der Waals surface area contributed by atoms with Crippen LogP contribution in [0.2, 0.25) is 0 Å². The zero-order valence-electron chi connectivity index (χ0n) is 14.6. The van der Waals surface area contributed by atoms with Gasteiger partial charge in [-0.05, 0) is 52.6 Å². The van der Waals surface area contributed by atoms with E-state index in [2.05, 4.69) is 10.4 Å². The fraction of sp³-hybridized carbons (Fsp3) is 0.294. The smallest absolute Gasteiger partial charge is 0.369 e. The second-order valence-electron chi connectivity index (χ2n) is 5.88. The standard InChI is InChI=1S/C17H17N5O4S/c1-2-20(9-12-5-6-13-14(8-12)26-11-25-13)15(23)10-21-17(24)22(19-18-21)16-4-3-7-27-16/h3-8H,2,9-11H2,1H3. The van der Waals surface area contributed by atoms with Gasteiger partial charge in [0.2, 0.25) is 12.7 Å². The van der Waals surface area contributed by atoms with E-state index in [1.807, 2.05) is 36.6 Å². The maximum Gasteiger partial charge on any atom is 0.369 e. The van der Waals surface area contributed by atoms with Crippen LogP contribution in [0, 0.1) is 0 Å². The first-order chi connectivity index (χ1) is 13.2. The number of ether oxygens (including phenoxy) is 2. The van der Waals surface area contributed by atoms with Crippen molar-refractivity contribution in [1.82, 2.24) is 24.7 Å². The van der Waals surface area contributed by atoms with Gasteiger partial charge in [-0.2, -0.15) is 9.36 Å². The minimum atomic E-state index is -0.440. The van der Waals surface area contributed by atoms with Crippen molar-refractivity contribution in [2.45, 2.75) is 20.0 Å². The average Bonchev–Trinajstić information content (AvgIpc) is 3.41. The van der Waals surface area contributed by atoms with E-state index < -0.39 is 5.69 Å². The highest BCUT2D eigenvalue weighted by atomic mass is 32.1. The van der Waals surface area contributed by atoms with Crippen molar-refractivity contribution in [1.29, 1.82) is 0 Å². The summed E-state index contributed by atoms with van der Waals surface area (Å²) in [7, 11) is 0. The number of fused-ring (bicyclic) bond motifs is 1. The van der Waals surface area contributed by atoms with E-state index in [1.165, 1.54) is 16.0 Å². The molecule has 3 heterocycles. The van der Waals surface area contributed by atoms with Crippen LogP contribution in [0.5, 0.6) is 11.5 Å². The average molecular weight is 387 g/mol. The third-order valence-corrected chi connectivity index (χ3v) is 5.03. The highest BCUT2D eigenvalue weighted by Gasteiger charge is 2.19. The summed E-state index contributed by atoms with van der Waals surface area (Å²) < 4.78 is 12.9.